The van der Waals surface area contributed by atoms with Crippen LogP contribution < -0.4 is 4.90 Å². The third kappa shape index (κ3) is 9.44. The summed E-state index contributed by atoms with van der Waals surface area (Å²) >= 11 is 1.80. The molecule has 8 aromatic carbocycles. The van der Waals surface area contributed by atoms with E-state index in [1.807, 2.05) is 32.9 Å². The Kier molecular flexibility index (Phi) is 14.6. The predicted molar refractivity (Wildman–Crippen MR) is 285 cm³/mol. The summed E-state index contributed by atoms with van der Waals surface area (Å²) in [5.74, 6) is 0. The molecule has 1 aliphatic carbocycles. The van der Waals surface area contributed by atoms with Crippen molar-refractivity contribution in [2.75, 3.05) is 4.90 Å². The predicted octanol–water partition coefficient (Wildman–Crippen LogP) is 18.8. The van der Waals surface area contributed by atoms with Crippen molar-refractivity contribution in [3.05, 3.63) is 233 Å². The second kappa shape index (κ2) is 20.6. The normalized spacial score (nSPS) is 11.9. The van der Waals surface area contributed by atoms with Gasteiger partial charge in [0.1, 0.15) is 0 Å². The van der Waals surface area contributed by atoms with Crippen LogP contribution in [0.5, 0.6) is 0 Å². The van der Waals surface area contributed by atoms with Crippen molar-refractivity contribution in [1.29, 1.82) is 0 Å². The zero-order valence-electron chi connectivity index (χ0n) is 38.8. The SMILES string of the molecule is C=Cc1sc2ccc(C)cc2c1/C=C\C.CC.CCc1ccccc1.Cc1ccc2c(c1)C(C)(C)c1cc(-c3ccc(N(c4ccccc4)c4ccccc4)cc3)c3ccccc3c1-2. The summed E-state index contributed by atoms with van der Waals surface area (Å²) in [7, 11) is 0. The maximum atomic E-state index is 3.87. The monoisotopic (exact) mass is 851 g/mol. The van der Waals surface area contributed by atoms with Crippen molar-refractivity contribution >= 4 is 61.4 Å². The first-order valence-electron chi connectivity index (χ1n) is 22.7. The molecule has 0 bridgehead atoms. The molecule has 320 valence electrons. The molecule has 64 heavy (non-hydrogen) atoms. The number of fused-ring (bicyclic) bond motifs is 6. The Bertz CT molecular complexity index is 2950. The van der Waals surface area contributed by atoms with E-state index in [1.165, 1.54) is 81.4 Å². The summed E-state index contributed by atoms with van der Waals surface area (Å²) < 4.78 is 1.34. The molecule has 0 aliphatic heterocycles. The number of allylic oxidation sites excluding steroid dienone is 1. The summed E-state index contributed by atoms with van der Waals surface area (Å²) in [5.41, 5.74) is 16.9. The van der Waals surface area contributed by atoms with Gasteiger partial charge in [-0.2, -0.15) is 0 Å². The van der Waals surface area contributed by atoms with Gasteiger partial charge >= 0.3 is 0 Å². The average molecular weight is 852 g/mol. The van der Waals surface area contributed by atoms with Crippen LogP contribution >= 0.6 is 11.3 Å². The van der Waals surface area contributed by atoms with E-state index in [9.17, 15) is 0 Å². The molecule has 10 rings (SSSR count). The topological polar surface area (TPSA) is 3.24 Å². The third-order valence-corrected chi connectivity index (χ3v) is 13.2. The van der Waals surface area contributed by atoms with Crippen molar-refractivity contribution < 1.29 is 0 Å². The molecule has 1 heterocycles. The van der Waals surface area contributed by atoms with Crippen LogP contribution in [0.3, 0.4) is 0 Å². The first kappa shape index (κ1) is 45.3. The third-order valence-electron chi connectivity index (χ3n) is 12.0. The number of hydrogen-bond acceptors (Lipinski definition) is 2. The molecule has 0 fully saturated rings. The molecule has 1 nitrogen and oxygen atoms in total. The van der Waals surface area contributed by atoms with Gasteiger partial charge in [0.2, 0.25) is 0 Å². The first-order chi connectivity index (χ1) is 31.2. The van der Waals surface area contributed by atoms with Crippen LogP contribution in [0.15, 0.2) is 195 Å². The van der Waals surface area contributed by atoms with Crippen molar-refractivity contribution in [2.45, 2.75) is 67.2 Å². The quantitative estimate of drug-likeness (QED) is 0.154. The highest BCUT2D eigenvalue weighted by atomic mass is 32.1. The van der Waals surface area contributed by atoms with E-state index >= 15 is 0 Å². The fourth-order valence-corrected chi connectivity index (χ4v) is 9.80. The molecule has 0 radical (unpaired) electrons. The van der Waals surface area contributed by atoms with Crippen LogP contribution in [0.25, 0.3) is 55.3 Å². The second-order valence-electron chi connectivity index (χ2n) is 16.5. The van der Waals surface area contributed by atoms with Crippen LogP contribution in [-0.4, -0.2) is 0 Å². The molecule has 1 aliphatic rings. The number of benzene rings is 8. The van der Waals surface area contributed by atoms with Crippen LogP contribution in [0.1, 0.15) is 79.8 Å². The molecule has 9 aromatic rings. The Morgan fingerprint density at radius 1 is 0.562 bits per heavy atom. The second-order valence-corrected chi connectivity index (χ2v) is 17.6. The lowest BCUT2D eigenvalue weighted by atomic mass is 9.80. The molecule has 2 heteroatoms. The van der Waals surface area contributed by atoms with Gasteiger partial charge in [-0.25, -0.2) is 0 Å². The molecule has 0 spiro atoms. The van der Waals surface area contributed by atoms with Crippen molar-refractivity contribution in [3.8, 4) is 22.3 Å². The van der Waals surface area contributed by atoms with Crippen LogP contribution in [0.4, 0.5) is 17.1 Å². The number of thiophene rings is 1. The van der Waals surface area contributed by atoms with Gasteiger partial charge in [-0.15, -0.1) is 11.3 Å². The lowest BCUT2D eigenvalue weighted by molar-refractivity contribution is 0.660. The van der Waals surface area contributed by atoms with Crippen molar-refractivity contribution in [1.82, 2.24) is 0 Å². The first-order valence-corrected chi connectivity index (χ1v) is 23.5. The number of hydrogen-bond donors (Lipinski definition) is 0. The molecule has 0 saturated carbocycles. The lowest BCUT2D eigenvalue weighted by Crippen LogP contribution is -2.15. The van der Waals surface area contributed by atoms with E-state index < -0.39 is 0 Å². The number of aryl methyl sites for hydroxylation is 3. The van der Waals surface area contributed by atoms with Crippen LogP contribution in [0, 0.1) is 13.8 Å². The fourth-order valence-electron chi connectivity index (χ4n) is 8.78. The zero-order valence-corrected chi connectivity index (χ0v) is 39.6. The zero-order chi connectivity index (χ0) is 45.2. The highest BCUT2D eigenvalue weighted by Crippen LogP contribution is 2.53. The van der Waals surface area contributed by atoms with E-state index in [1.54, 1.807) is 11.3 Å². The van der Waals surface area contributed by atoms with Gasteiger partial charge in [0.05, 0.1) is 0 Å². The summed E-state index contributed by atoms with van der Waals surface area (Å²) in [4.78, 5) is 3.57. The van der Waals surface area contributed by atoms with Gasteiger partial charge in [0, 0.05) is 37.4 Å². The minimum Gasteiger partial charge on any atom is -0.311 e. The molecule has 0 unspecified atom stereocenters. The largest absolute Gasteiger partial charge is 0.311 e. The van der Waals surface area contributed by atoms with Gasteiger partial charge in [-0.3, -0.25) is 0 Å². The lowest BCUT2D eigenvalue weighted by Gasteiger charge is -2.26. The standard InChI is InChI=1S/C38H31N.C14H14S.C8H10.C2H6/c1-26-18-23-33-35(24-26)38(2,3)36-25-34(31-16-10-11-17-32(31)37(33)36)27-19-21-30(22-20-27)39(28-12-6-4-7-13-28)29-14-8-5-9-15-29;1-4-6-11-12-9-10(3)7-8-14(12)15-13(11)5-2;1-2-8-6-4-3-5-7-8;1-2/h4-25H,1-3H3;4-9H,2H2,1,3H3;3-7H,2H2,1H3;1-2H3/b;6-4-;;. The minimum atomic E-state index is -0.0488. The van der Waals surface area contributed by atoms with E-state index in [4.69, 9.17) is 0 Å². The number of para-hydroxylation sites is 2. The Morgan fingerprint density at radius 2 is 1.11 bits per heavy atom. The summed E-state index contributed by atoms with van der Waals surface area (Å²) in [6.07, 6.45) is 7.32. The maximum absolute atomic E-state index is 3.87. The highest BCUT2D eigenvalue weighted by molar-refractivity contribution is 7.20. The van der Waals surface area contributed by atoms with Gasteiger partial charge in [-0.1, -0.05) is 198 Å². The molecule has 0 N–H and O–H groups in total. The summed E-state index contributed by atoms with van der Waals surface area (Å²) in [5, 5.41) is 3.98. The smallest absolute Gasteiger partial charge is 0.0462 e. The number of anilines is 3. The summed E-state index contributed by atoms with van der Waals surface area (Å²) in [6.45, 7) is 21.1. The van der Waals surface area contributed by atoms with Crippen molar-refractivity contribution in [3.63, 3.8) is 0 Å². The molecule has 0 atom stereocenters. The maximum Gasteiger partial charge on any atom is 0.0462 e. The van der Waals surface area contributed by atoms with Crippen LogP contribution in [-0.2, 0) is 11.8 Å². The minimum absolute atomic E-state index is 0.0488. The van der Waals surface area contributed by atoms with E-state index in [0.717, 1.165) is 23.5 Å². The summed E-state index contributed by atoms with van der Waals surface area (Å²) in [6, 6.07) is 65.6. The number of rotatable bonds is 7. The molecular formula is C62H61NS. The molecular weight excluding hydrogens is 791 g/mol. The van der Waals surface area contributed by atoms with E-state index in [-0.39, 0.29) is 5.41 Å². The Morgan fingerprint density at radius 3 is 1.69 bits per heavy atom. The number of nitrogens with zero attached hydrogens (tertiary/aromatic N) is 1. The average Bonchev–Trinajstić information content (AvgIpc) is 3.80. The molecule has 1 aromatic heterocycles. The van der Waals surface area contributed by atoms with Gasteiger partial charge in [0.15, 0.2) is 0 Å². The Labute approximate surface area is 386 Å². The van der Waals surface area contributed by atoms with Crippen LogP contribution in [0.2, 0.25) is 0 Å². The van der Waals surface area contributed by atoms with Gasteiger partial charge < -0.3 is 4.90 Å². The Hall–Kier alpha value is -6.74. The van der Waals surface area contributed by atoms with Crippen molar-refractivity contribution in [2.24, 2.45) is 0 Å². The Balaban J connectivity index is 0.000000200. The van der Waals surface area contributed by atoms with Gasteiger partial charge in [0.25, 0.3) is 0 Å². The fraction of sp³-hybridized carbons (Fsp3) is 0.161. The molecule has 0 saturated heterocycles. The highest BCUT2D eigenvalue weighted by Gasteiger charge is 2.37. The van der Waals surface area contributed by atoms with Gasteiger partial charge in [-0.05, 0) is 137 Å². The van der Waals surface area contributed by atoms with E-state index in [2.05, 4.69) is 234 Å². The molecule has 0 amide bonds. The van der Waals surface area contributed by atoms with E-state index in [0.29, 0.717) is 0 Å².